The highest BCUT2D eigenvalue weighted by Crippen LogP contribution is 2.39. The number of anilines is 2. The number of ether oxygens (including phenoxy) is 1. The van der Waals surface area contributed by atoms with Crippen LogP contribution in [0, 0.1) is 6.92 Å². The molecule has 19 heavy (non-hydrogen) atoms. The van der Waals surface area contributed by atoms with Crippen LogP contribution >= 0.6 is 22.9 Å². The number of thiazole rings is 1. The summed E-state index contributed by atoms with van der Waals surface area (Å²) in [7, 11) is 1.76. The summed E-state index contributed by atoms with van der Waals surface area (Å²) < 4.78 is 9.53. The lowest BCUT2D eigenvalue weighted by molar-refractivity contribution is 0.0329. The third kappa shape index (κ3) is 2.45. The second-order valence-electron chi connectivity index (χ2n) is 4.69. The molecule has 3 rings (SSSR count). The average Bonchev–Trinajstić information content (AvgIpc) is 2.89. The van der Waals surface area contributed by atoms with Crippen LogP contribution in [0.3, 0.4) is 0 Å². The van der Waals surface area contributed by atoms with Gasteiger partial charge < -0.3 is 15.8 Å². The van der Waals surface area contributed by atoms with Crippen LogP contribution in [-0.2, 0) is 4.74 Å². The third-order valence-corrected chi connectivity index (χ3v) is 4.92. The fourth-order valence-electron chi connectivity index (χ4n) is 2.19. The van der Waals surface area contributed by atoms with Gasteiger partial charge in [-0.2, -0.15) is 4.37 Å². The molecular weight excluding hydrogens is 280 g/mol. The molecule has 7 heteroatoms. The van der Waals surface area contributed by atoms with E-state index in [0.717, 1.165) is 34.1 Å². The molecule has 1 aliphatic carbocycles. The van der Waals surface area contributed by atoms with Crippen molar-refractivity contribution in [1.82, 2.24) is 9.36 Å². The van der Waals surface area contributed by atoms with Crippen molar-refractivity contribution in [3.8, 4) is 11.3 Å². The van der Waals surface area contributed by atoms with Gasteiger partial charge in [0, 0.05) is 18.5 Å². The van der Waals surface area contributed by atoms with Crippen molar-refractivity contribution < 1.29 is 4.74 Å². The monoisotopic (exact) mass is 296 g/mol. The number of nitrogen functional groups attached to an aromatic ring is 1. The highest BCUT2D eigenvalue weighted by atomic mass is 32.1. The Morgan fingerprint density at radius 3 is 2.89 bits per heavy atom. The van der Waals surface area contributed by atoms with Crippen molar-refractivity contribution in [2.45, 2.75) is 31.9 Å². The Bertz CT molecular complexity index is 574. The van der Waals surface area contributed by atoms with Crippen LogP contribution in [0.25, 0.3) is 11.3 Å². The topological polar surface area (TPSA) is 73.1 Å². The van der Waals surface area contributed by atoms with Gasteiger partial charge in [0.25, 0.3) is 0 Å². The first-order valence-electron chi connectivity index (χ1n) is 6.14. The van der Waals surface area contributed by atoms with E-state index in [1.807, 2.05) is 12.3 Å². The SMILES string of the molecule is COC1CC(Nc2snc(N)c2-c2csc(C)n2)C1. The van der Waals surface area contributed by atoms with E-state index in [1.165, 1.54) is 11.5 Å². The highest BCUT2D eigenvalue weighted by Gasteiger charge is 2.30. The molecular formula is C12H16N4OS2. The Kier molecular flexibility index (Phi) is 3.42. The standard InChI is InChI=1S/C12H16N4OS2/c1-6-14-9(5-18-6)10-11(13)16-19-12(10)15-7-3-8(4-7)17-2/h5,7-8,15H,3-4H2,1-2H3,(H2,13,16). The zero-order valence-corrected chi connectivity index (χ0v) is 12.5. The Morgan fingerprint density at radius 2 is 2.26 bits per heavy atom. The second kappa shape index (κ2) is 5.07. The minimum atomic E-state index is 0.382. The van der Waals surface area contributed by atoms with E-state index in [0.29, 0.717) is 18.0 Å². The lowest BCUT2D eigenvalue weighted by atomic mass is 9.89. The number of nitrogens with zero attached hydrogens (tertiary/aromatic N) is 2. The summed E-state index contributed by atoms with van der Waals surface area (Å²) in [6.45, 7) is 1.99. The largest absolute Gasteiger partial charge is 0.382 e. The summed E-state index contributed by atoms with van der Waals surface area (Å²) in [6, 6.07) is 0.447. The molecule has 0 aliphatic heterocycles. The highest BCUT2D eigenvalue weighted by molar-refractivity contribution is 7.11. The quantitative estimate of drug-likeness (QED) is 0.907. The molecule has 1 aliphatic rings. The van der Waals surface area contributed by atoms with Crippen LogP contribution in [0.2, 0.25) is 0 Å². The summed E-state index contributed by atoms with van der Waals surface area (Å²) in [5.41, 5.74) is 7.83. The number of hydrogen-bond donors (Lipinski definition) is 2. The van der Waals surface area contributed by atoms with Gasteiger partial charge >= 0.3 is 0 Å². The first-order valence-corrected chi connectivity index (χ1v) is 7.79. The van der Waals surface area contributed by atoms with Crippen molar-refractivity contribution in [2.75, 3.05) is 18.2 Å². The molecule has 0 spiro atoms. The maximum Gasteiger partial charge on any atom is 0.148 e. The van der Waals surface area contributed by atoms with Gasteiger partial charge in [-0.1, -0.05) is 0 Å². The molecule has 0 unspecified atom stereocenters. The number of aromatic nitrogens is 2. The van der Waals surface area contributed by atoms with Crippen molar-refractivity contribution in [3.63, 3.8) is 0 Å². The van der Waals surface area contributed by atoms with Crippen molar-refractivity contribution in [2.24, 2.45) is 0 Å². The van der Waals surface area contributed by atoms with Gasteiger partial charge in [-0.25, -0.2) is 4.98 Å². The lowest BCUT2D eigenvalue weighted by Crippen LogP contribution is -2.40. The van der Waals surface area contributed by atoms with Gasteiger partial charge in [0.1, 0.15) is 10.8 Å². The molecule has 3 N–H and O–H groups in total. The number of rotatable bonds is 4. The van der Waals surface area contributed by atoms with Crippen molar-refractivity contribution in [3.05, 3.63) is 10.4 Å². The second-order valence-corrected chi connectivity index (χ2v) is 6.53. The van der Waals surface area contributed by atoms with E-state index in [2.05, 4.69) is 14.7 Å². The zero-order valence-electron chi connectivity index (χ0n) is 10.8. The van der Waals surface area contributed by atoms with Crippen LogP contribution in [0.15, 0.2) is 5.38 Å². The van der Waals surface area contributed by atoms with Crippen molar-refractivity contribution >= 4 is 33.7 Å². The Balaban J connectivity index is 1.79. The third-order valence-electron chi connectivity index (χ3n) is 3.36. The van der Waals surface area contributed by atoms with Crippen LogP contribution in [0.4, 0.5) is 10.8 Å². The van der Waals surface area contributed by atoms with Crippen LogP contribution in [0.1, 0.15) is 17.8 Å². The van der Waals surface area contributed by atoms with Crippen LogP contribution < -0.4 is 11.1 Å². The summed E-state index contributed by atoms with van der Waals surface area (Å²) in [6.07, 6.45) is 2.45. The maximum atomic E-state index is 5.97. The molecule has 0 aromatic carbocycles. The molecule has 0 radical (unpaired) electrons. The van der Waals surface area contributed by atoms with E-state index in [4.69, 9.17) is 10.5 Å². The minimum absolute atomic E-state index is 0.382. The van der Waals surface area contributed by atoms with E-state index < -0.39 is 0 Å². The molecule has 102 valence electrons. The molecule has 0 saturated heterocycles. The Hall–Kier alpha value is -1.18. The fourth-order valence-corrected chi connectivity index (χ4v) is 3.59. The lowest BCUT2D eigenvalue weighted by Gasteiger charge is -2.34. The molecule has 0 atom stereocenters. The summed E-state index contributed by atoms with van der Waals surface area (Å²) in [5.74, 6) is 0.556. The predicted octanol–water partition coefficient (Wildman–Crippen LogP) is 2.75. The maximum absolute atomic E-state index is 5.97. The Morgan fingerprint density at radius 1 is 1.47 bits per heavy atom. The van der Waals surface area contributed by atoms with Gasteiger partial charge in [0.05, 0.1) is 22.4 Å². The average molecular weight is 296 g/mol. The molecule has 1 fully saturated rings. The first kappa shape index (κ1) is 12.8. The number of nitrogens with one attached hydrogen (secondary N) is 1. The van der Waals surface area contributed by atoms with E-state index in [9.17, 15) is 0 Å². The van der Waals surface area contributed by atoms with Crippen LogP contribution in [0.5, 0.6) is 0 Å². The molecule has 2 heterocycles. The number of nitrogens with two attached hydrogens (primary N) is 1. The molecule has 1 saturated carbocycles. The van der Waals surface area contributed by atoms with Gasteiger partial charge in [-0.3, -0.25) is 0 Å². The number of aryl methyl sites for hydroxylation is 1. The zero-order chi connectivity index (χ0) is 13.4. The minimum Gasteiger partial charge on any atom is -0.382 e. The smallest absolute Gasteiger partial charge is 0.148 e. The first-order chi connectivity index (χ1) is 9.17. The molecule has 0 bridgehead atoms. The number of methoxy groups -OCH3 is 1. The van der Waals surface area contributed by atoms with Crippen molar-refractivity contribution in [1.29, 1.82) is 0 Å². The summed E-state index contributed by atoms with van der Waals surface area (Å²) in [5, 5.41) is 7.58. The summed E-state index contributed by atoms with van der Waals surface area (Å²) >= 11 is 3.03. The molecule has 5 nitrogen and oxygen atoms in total. The predicted molar refractivity (Wildman–Crippen MR) is 79.8 cm³/mol. The van der Waals surface area contributed by atoms with E-state index in [-0.39, 0.29) is 0 Å². The fraction of sp³-hybridized carbons (Fsp3) is 0.500. The molecule has 0 amide bonds. The molecule has 2 aromatic rings. The molecule has 2 aromatic heterocycles. The van der Waals surface area contributed by atoms with Gasteiger partial charge in [-0.05, 0) is 31.3 Å². The number of hydrogen-bond acceptors (Lipinski definition) is 7. The summed E-state index contributed by atoms with van der Waals surface area (Å²) in [4.78, 5) is 4.50. The van der Waals surface area contributed by atoms with E-state index in [1.54, 1.807) is 18.4 Å². The van der Waals surface area contributed by atoms with Gasteiger partial charge in [0.2, 0.25) is 0 Å². The van der Waals surface area contributed by atoms with E-state index >= 15 is 0 Å². The Labute approximate surface area is 120 Å². The van der Waals surface area contributed by atoms with Gasteiger partial charge in [-0.15, -0.1) is 11.3 Å². The normalized spacial score (nSPS) is 22.2. The van der Waals surface area contributed by atoms with Gasteiger partial charge in [0.15, 0.2) is 0 Å². The van der Waals surface area contributed by atoms with Crippen LogP contribution in [-0.4, -0.2) is 28.6 Å².